The number of hydrogen-bond acceptors (Lipinski definition) is 3. The molecule has 0 bridgehead atoms. The summed E-state index contributed by atoms with van der Waals surface area (Å²) in [6.45, 7) is 2.63. The van der Waals surface area contributed by atoms with Crippen molar-refractivity contribution in [3.05, 3.63) is 119 Å². The summed E-state index contributed by atoms with van der Waals surface area (Å²) < 4.78 is 2.12. The number of aryl methyl sites for hydroxylation is 1. The van der Waals surface area contributed by atoms with Crippen LogP contribution in [0.15, 0.2) is 91.1 Å². The maximum atomic E-state index is 13.6. The first kappa shape index (κ1) is 20.8. The molecule has 2 heterocycles. The Hall–Kier alpha value is -4.12. The van der Waals surface area contributed by atoms with Crippen LogP contribution in [0.4, 0.5) is 11.4 Å². The van der Waals surface area contributed by atoms with Gasteiger partial charge in [0.05, 0.1) is 6.42 Å². The van der Waals surface area contributed by atoms with Crippen molar-refractivity contribution in [3.63, 3.8) is 0 Å². The molecule has 1 aromatic heterocycles. The van der Waals surface area contributed by atoms with Crippen LogP contribution in [0.5, 0.6) is 0 Å². The van der Waals surface area contributed by atoms with Crippen LogP contribution in [0.2, 0.25) is 0 Å². The van der Waals surface area contributed by atoms with Crippen molar-refractivity contribution in [3.8, 4) is 0 Å². The van der Waals surface area contributed by atoms with Crippen molar-refractivity contribution in [2.45, 2.75) is 25.9 Å². The van der Waals surface area contributed by atoms with Crippen molar-refractivity contribution in [2.75, 3.05) is 10.6 Å². The number of nitrogens with one attached hydrogen (secondary N) is 2. The number of benzene rings is 3. The number of hydrogen-bond donors (Lipinski definition) is 2. The van der Waals surface area contributed by atoms with Crippen molar-refractivity contribution >= 4 is 23.1 Å². The normalized spacial score (nSPS) is 14.4. The van der Waals surface area contributed by atoms with Crippen LogP contribution in [-0.4, -0.2) is 16.3 Å². The number of para-hydroxylation sites is 1. The molecule has 164 valence electrons. The minimum atomic E-state index is -0.485. The number of Topliss-reactive ketones (excluding diaryl/α,β-unsaturated/α-hetero) is 1. The Balaban J connectivity index is 1.37. The van der Waals surface area contributed by atoms with E-state index in [1.165, 1.54) is 0 Å². The Morgan fingerprint density at radius 1 is 0.970 bits per heavy atom. The Morgan fingerprint density at radius 3 is 2.58 bits per heavy atom. The Kier molecular flexibility index (Phi) is 5.53. The molecule has 1 unspecified atom stereocenters. The van der Waals surface area contributed by atoms with Gasteiger partial charge in [0.15, 0.2) is 5.78 Å². The molecule has 0 radical (unpaired) electrons. The Labute approximate surface area is 193 Å². The van der Waals surface area contributed by atoms with Crippen LogP contribution in [-0.2, 0) is 17.8 Å². The third kappa shape index (κ3) is 4.30. The minimum absolute atomic E-state index is 0.00286. The fourth-order valence-corrected chi connectivity index (χ4v) is 4.34. The van der Waals surface area contributed by atoms with Crippen LogP contribution >= 0.6 is 0 Å². The molecule has 33 heavy (non-hydrogen) atoms. The second-order valence-corrected chi connectivity index (χ2v) is 8.40. The fraction of sp³-hybridized carbons (Fsp3) is 0.143. The SMILES string of the molecule is Cc1cc(C(=O)C2Nc3ccccc3Cn3cccc32)ccc1NC(=O)Cc1ccccc1. The van der Waals surface area contributed by atoms with E-state index >= 15 is 0 Å². The highest BCUT2D eigenvalue weighted by atomic mass is 16.1. The number of rotatable bonds is 5. The van der Waals surface area contributed by atoms with E-state index in [2.05, 4.69) is 21.3 Å². The summed E-state index contributed by atoms with van der Waals surface area (Å²) in [7, 11) is 0. The zero-order valence-corrected chi connectivity index (χ0v) is 18.4. The molecular weight excluding hydrogens is 410 g/mol. The number of carbonyl (C=O) groups is 2. The van der Waals surface area contributed by atoms with Gasteiger partial charge in [0.1, 0.15) is 6.04 Å². The van der Waals surface area contributed by atoms with Gasteiger partial charge in [-0.05, 0) is 60.0 Å². The van der Waals surface area contributed by atoms with Gasteiger partial charge in [0.25, 0.3) is 0 Å². The molecule has 2 N–H and O–H groups in total. The minimum Gasteiger partial charge on any atom is -0.370 e. The van der Waals surface area contributed by atoms with Crippen LogP contribution in [0.1, 0.15) is 38.8 Å². The van der Waals surface area contributed by atoms with Gasteiger partial charge in [0, 0.05) is 35.4 Å². The molecule has 1 aliphatic rings. The molecule has 3 aromatic carbocycles. The lowest BCUT2D eigenvalue weighted by Crippen LogP contribution is -2.22. The number of anilines is 2. The topological polar surface area (TPSA) is 63.1 Å². The van der Waals surface area contributed by atoms with Gasteiger partial charge in [0.2, 0.25) is 5.91 Å². The van der Waals surface area contributed by atoms with E-state index in [-0.39, 0.29) is 11.7 Å². The first-order valence-corrected chi connectivity index (χ1v) is 11.1. The van der Waals surface area contributed by atoms with E-state index in [1.807, 2.05) is 85.9 Å². The molecule has 5 rings (SSSR count). The first-order valence-electron chi connectivity index (χ1n) is 11.1. The smallest absolute Gasteiger partial charge is 0.228 e. The van der Waals surface area contributed by atoms with Crippen molar-refractivity contribution in [1.82, 2.24) is 4.57 Å². The van der Waals surface area contributed by atoms with Crippen LogP contribution < -0.4 is 10.6 Å². The standard InChI is InChI=1S/C28H25N3O2/c1-19-16-21(13-14-23(19)29-26(32)17-20-8-3-2-4-9-20)28(33)27-25-12-7-15-31(25)18-22-10-5-6-11-24(22)30-27/h2-16,27,30H,17-18H2,1H3,(H,29,32). The maximum Gasteiger partial charge on any atom is 0.228 e. The maximum absolute atomic E-state index is 13.6. The molecular formula is C28H25N3O2. The second kappa shape index (κ2) is 8.79. The van der Waals surface area contributed by atoms with E-state index < -0.39 is 6.04 Å². The third-order valence-electron chi connectivity index (χ3n) is 6.07. The summed E-state index contributed by atoms with van der Waals surface area (Å²) in [5.41, 5.74) is 6.20. The average molecular weight is 436 g/mol. The zero-order valence-electron chi connectivity index (χ0n) is 18.4. The van der Waals surface area contributed by atoms with Gasteiger partial charge in [-0.1, -0.05) is 48.5 Å². The van der Waals surface area contributed by atoms with E-state index in [4.69, 9.17) is 0 Å². The van der Waals surface area contributed by atoms with Gasteiger partial charge in [-0.2, -0.15) is 0 Å². The molecule has 1 atom stereocenters. The van der Waals surface area contributed by atoms with Crippen LogP contribution in [0.25, 0.3) is 0 Å². The Bertz CT molecular complexity index is 1320. The van der Waals surface area contributed by atoms with E-state index in [0.717, 1.165) is 40.3 Å². The number of amides is 1. The predicted octanol–water partition coefficient (Wildman–Crippen LogP) is 5.38. The zero-order chi connectivity index (χ0) is 22.8. The largest absolute Gasteiger partial charge is 0.370 e. The third-order valence-corrected chi connectivity index (χ3v) is 6.07. The summed E-state index contributed by atoms with van der Waals surface area (Å²) in [6, 6.07) is 26.7. The number of carbonyl (C=O) groups excluding carboxylic acids is 2. The lowest BCUT2D eigenvalue weighted by atomic mass is 9.98. The molecule has 0 saturated carbocycles. The van der Waals surface area contributed by atoms with Crippen LogP contribution in [0.3, 0.4) is 0 Å². The quantitative estimate of drug-likeness (QED) is 0.414. The van der Waals surface area contributed by atoms with Gasteiger partial charge in [-0.3, -0.25) is 9.59 Å². The lowest BCUT2D eigenvalue weighted by molar-refractivity contribution is -0.115. The van der Waals surface area contributed by atoms with Crippen molar-refractivity contribution in [1.29, 1.82) is 0 Å². The monoisotopic (exact) mass is 435 g/mol. The molecule has 0 fully saturated rings. The summed E-state index contributed by atoms with van der Waals surface area (Å²) in [4.78, 5) is 26.1. The molecule has 1 aliphatic heterocycles. The van der Waals surface area contributed by atoms with E-state index in [9.17, 15) is 9.59 Å². The summed E-state index contributed by atoms with van der Waals surface area (Å²) >= 11 is 0. The van der Waals surface area contributed by atoms with E-state index in [0.29, 0.717) is 12.0 Å². The lowest BCUT2D eigenvalue weighted by Gasteiger charge is -2.19. The van der Waals surface area contributed by atoms with Gasteiger partial charge in [-0.15, -0.1) is 0 Å². The number of fused-ring (bicyclic) bond motifs is 2. The fourth-order valence-electron chi connectivity index (χ4n) is 4.34. The molecule has 0 saturated heterocycles. The number of ketones is 1. The van der Waals surface area contributed by atoms with Gasteiger partial charge >= 0.3 is 0 Å². The second-order valence-electron chi connectivity index (χ2n) is 8.40. The highest BCUT2D eigenvalue weighted by Gasteiger charge is 2.28. The molecule has 5 heteroatoms. The molecule has 5 nitrogen and oxygen atoms in total. The molecule has 0 aliphatic carbocycles. The summed E-state index contributed by atoms with van der Waals surface area (Å²) in [6.07, 6.45) is 2.32. The van der Waals surface area contributed by atoms with Crippen molar-refractivity contribution in [2.24, 2.45) is 0 Å². The molecule has 1 amide bonds. The highest BCUT2D eigenvalue weighted by molar-refractivity contribution is 6.03. The summed E-state index contributed by atoms with van der Waals surface area (Å²) in [5.74, 6) is -0.0832. The number of aromatic nitrogens is 1. The van der Waals surface area contributed by atoms with Crippen LogP contribution in [0, 0.1) is 6.92 Å². The van der Waals surface area contributed by atoms with Gasteiger partial charge < -0.3 is 15.2 Å². The highest BCUT2D eigenvalue weighted by Crippen LogP contribution is 2.31. The van der Waals surface area contributed by atoms with Crippen molar-refractivity contribution < 1.29 is 9.59 Å². The molecule has 0 spiro atoms. The van der Waals surface area contributed by atoms with Gasteiger partial charge in [-0.25, -0.2) is 0 Å². The summed E-state index contributed by atoms with van der Waals surface area (Å²) in [5, 5.41) is 6.42. The predicted molar refractivity (Wildman–Crippen MR) is 131 cm³/mol. The van der Waals surface area contributed by atoms with E-state index in [1.54, 1.807) is 6.07 Å². The Morgan fingerprint density at radius 2 is 1.76 bits per heavy atom. The average Bonchev–Trinajstić information content (AvgIpc) is 3.21. The number of nitrogens with zero attached hydrogens (tertiary/aromatic N) is 1. The first-order chi connectivity index (χ1) is 16.1. The molecule has 4 aromatic rings.